The number of aromatic amines is 1. The van der Waals surface area contributed by atoms with E-state index in [1.165, 1.54) is 6.33 Å². The molecule has 0 spiro atoms. The molecule has 1 heterocycles. The van der Waals surface area contributed by atoms with Gasteiger partial charge in [0.1, 0.15) is 12.2 Å². The molecule has 2 rings (SSSR count). The zero-order valence-electron chi connectivity index (χ0n) is 7.87. The highest BCUT2D eigenvalue weighted by atomic mass is 79.9. The van der Waals surface area contributed by atoms with Crippen LogP contribution in [-0.4, -0.2) is 15.2 Å². The molecule has 1 aromatic heterocycles. The molecular formula is C9H10BrN5. The number of aromatic nitrogens is 3. The van der Waals surface area contributed by atoms with Crippen molar-refractivity contribution in [2.45, 2.75) is 6.54 Å². The van der Waals surface area contributed by atoms with Gasteiger partial charge in [0.15, 0.2) is 0 Å². The lowest BCUT2D eigenvalue weighted by atomic mass is 10.3. The maximum absolute atomic E-state index is 5.63. The Morgan fingerprint density at radius 3 is 3.00 bits per heavy atom. The Morgan fingerprint density at radius 1 is 1.47 bits per heavy atom. The second-order valence-corrected chi connectivity index (χ2v) is 3.88. The van der Waals surface area contributed by atoms with Gasteiger partial charge in [-0.05, 0) is 34.1 Å². The summed E-state index contributed by atoms with van der Waals surface area (Å²) in [5.74, 6) is 0.790. The average Bonchev–Trinajstić information content (AvgIpc) is 2.69. The fourth-order valence-corrected chi connectivity index (χ4v) is 1.71. The van der Waals surface area contributed by atoms with Crippen molar-refractivity contribution in [3.8, 4) is 0 Å². The minimum Gasteiger partial charge on any atom is -0.399 e. The summed E-state index contributed by atoms with van der Waals surface area (Å²) in [6, 6.07) is 5.60. The monoisotopic (exact) mass is 267 g/mol. The molecular weight excluding hydrogens is 258 g/mol. The Hall–Kier alpha value is -1.56. The van der Waals surface area contributed by atoms with Gasteiger partial charge in [-0.2, -0.15) is 5.10 Å². The van der Waals surface area contributed by atoms with Crippen LogP contribution in [0.25, 0.3) is 0 Å². The van der Waals surface area contributed by atoms with E-state index >= 15 is 0 Å². The van der Waals surface area contributed by atoms with Gasteiger partial charge in [0.2, 0.25) is 0 Å². The number of hydrogen-bond acceptors (Lipinski definition) is 4. The summed E-state index contributed by atoms with van der Waals surface area (Å²) in [6.07, 6.45) is 1.48. The van der Waals surface area contributed by atoms with Crippen molar-refractivity contribution in [1.82, 2.24) is 15.2 Å². The van der Waals surface area contributed by atoms with Gasteiger partial charge in [-0.15, -0.1) is 0 Å². The predicted molar refractivity (Wildman–Crippen MR) is 62.3 cm³/mol. The topological polar surface area (TPSA) is 79.6 Å². The standard InChI is InChI=1S/C9H10BrN5/c10-7-3-6(11)1-2-8(7)12-4-9-13-5-14-15-9/h1-3,5,12H,4,11H2,(H,13,14,15). The number of nitrogen functional groups attached to an aromatic ring is 1. The van der Waals surface area contributed by atoms with Gasteiger partial charge in [-0.25, -0.2) is 4.98 Å². The molecule has 0 bridgehead atoms. The number of hydrogen-bond donors (Lipinski definition) is 3. The van der Waals surface area contributed by atoms with Crippen LogP contribution in [0.2, 0.25) is 0 Å². The number of rotatable bonds is 3. The van der Waals surface area contributed by atoms with Crippen LogP contribution in [0.3, 0.4) is 0 Å². The third kappa shape index (κ3) is 2.47. The maximum Gasteiger partial charge on any atom is 0.143 e. The van der Waals surface area contributed by atoms with E-state index in [1.54, 1.807) is 0 Å². The third-order valence-electron chi connectivity index (χ3n) is 1.90. The highest BCUT2D eigenvalue weighted by molar-refractivity contribution is 9.10. The maximum atomic E-state index is 5.63. The first-order chi connectivity index (χ1) is 7.25. The van der Waals surface area contributed by atoms with E-state index in [4.69, 9.17) is 5.73 Å². The zero-order valence-corrected chi connectivity index (χ0v) is 9.45. The Balaban J connectivity index is 2.05. The van der Waals surface area contributed by atoms with E-state index in [9.17, 15) is 0 Å². The summed E-state index contributed by atoms with van der Waals surface area (Å²) in [4.78, 5) is 4.01. The molecule has 5 nitrogen and oxygen atoms in total. The van der Waals surface area contributed by atoms with Gasteiger partial charge in [0.25, 0.3) is 0 Å². The van der Waals surface area contributed by atoms with E-state index in [1.807, 2.05) is 18.2 Å². The summed E-state index contributed by atoms with van der Waals surface area (Å²) in [7, 11) is 0. The van der Waals surface area contributed by atoms with Crippen molar-refractivity contribution in [2.24, 2.45) is 0 Å². The van der Waals surface area contributed by atoms with Gasteiger partial charge >= 0.3 is 0 Å². The lowest BCUT2D eigenvalue weighted by Crippen LogP contribution is -2.02. The number of anilines is 2. The van der Waals surface area contributed by atoms with Crippen molar-refractivity contribution >= 4 is 27.3 Å². The molecule has 0 saturated heterocycles. The fraction of sp³-hybridized carbons (Fsp3) is 0.111. The Labute approximate surface area is 95.2 Å². The van der Waals surface area contributed by atoms with Gasteiger partial charge in [-0.3, -0.25) is 5.10 Å². The first kappa shape index (κ1) is 9.97. The number of H-pyrrole nitrogens is 1. The predicted octanol–water partition coefficient (Wildman–Crippen LogP) is 1.76. The van der Waals surface area contributed by atoms with Crippen molar-refractivity contribution in [1.29, 1.82) is 0 Å². The normalized spacial score (nSPS) is 10.2. The SMILES string of the molecule is Nc1ccc(NCc2ncn[nH]2)c(Br)c1. The van der Waals surface area contributed by atoms with Gasteiger partial charge in [0.05, 0.1) is 6.54 Å². The minimum atomic E-state index is 0.600. The van der Waals surface area contributed by atoms with Crippen molar-refractivity contribution in [3.63, 3.8) is 0 Å². The Kier molecular flexibility index (Phi) is 2.86. The lowest BCUT2D eigenvalue weighted by molar-refractivity contribution is 0.954. The fourth-order valence-electron chi connectivity index (χ4n) is 1.17. The summed E-state index contributed by atoms with van der Waals surface area (Å²) >= 11 is 3.42. The molecule has 0 saturated carbocycles. The molecule has 4 N–H and O–H groups in total. The van der Waals surface area contributed by atoms with Crippen LogP contribution in [-0.2, 0) is 6.54 Å². The molecule has 0 aliphatic rings. The Bertz CT molecular complexity index is 440. The van der Waals surface area contributed by atoms with Gasteiger partial charge in [0, 0.05) is 15.8 Å². The van der Waals surface area contributed by atoms with Crippen LogP contribution in [0.4, 0.5) is 11.4 Å². The molecule has 2 aromatic rings. The van der Waals surface area contributed by atoms with Crippen LogP contribution in [0, 0.1) is 0 Å². The minimum absolute atomic E-state index is 0.600. The van der Waals surface area contributed by atoms with Crippen LogP contribution in [0.5, 0.6) is 0 Å². The number of nitrogens with two attached hydrogens (primary N) is 1. The molecule has 0 unspecified atom stereocenters. The summed E-state index contributed by atoms with van der Waals surface area (Å²) < 4.78 is 0.932. The average molecular weight is 268 g/mol. The Morgan fingerprint density at radius 2 is 2.33 bits per heavy atom. The van der Waals surface area contributed by atoms with Crippen LogP contribution in [0.1, 0.15) is 5.82 Å². The summed E-state index contributed by atoms with van der Waals surface area (Å²) in [6.45, 7) is 0.600. The van der Waals surface area contributed by atoms with Crippen molar-refractivity contribution in [3.05, 3.63) is 34.8 Å². The quantitative estimate of drug-likeness (QED) is 0.741. The highest BCUT2D eigenvalue weighted by Gasteiger charge is 2.00. The highest BCUT2D eigenvalue weighted by Crippen LogP contribution is 2.24. The summed E-state index contributed by atoms with van der Waals surface area (Å²) in [5.41, 5.74) is 7.33. The van der Waals surface area contributed by atoms with E-state index in [2.05, 4.69) is 36.4 Å². The molecule has 0 amide bonds. The third-order valence-corrected chi connectivity index (χ3v) is 2.56. The first-order valence-corrected chi connectivity index (χ1v) is 5.18. The molecule has 6 heteroatoms. The second-order valence-electron chi connectivity index (χ2n) is 3.03. The van der Waals surface area contributed by atoms with Gasteiger partial charge < -0.3 is 11.1 Å². The molecule has 0 fully saturated rings. The number of nitrogens with zero attached hydrogens (tertiary/aromatic N) is 2. The van der Waals surface area contributed by atoms with Crippen LogP contribution < -0.4 is 11.1 Å². The van der Waals surface area contributed by atoms with E-state index < -0.39 is 0 Å². The molecule has 1 aromatic carbocycles. The molecule has 0 atom stereocenters. The molecule has 78 valence electrons. The van der Waals surface area contributed by atoms with Crippen LogP contribution in [0.15, 0.2) is 29.0 Å². The van der Waals surface area contributed by atoms with Gasteiger partial charge in [-0.1, -0.05) is 0 Å². The smallest absolute Gasteiger partial charge is 0.143 e. The lowest BCUT2D eigenvalue weighted by Gasteiger charge is -2.07. The molecule has 0 aliphatic carbocycles. The number of nitrogens with one attached hydrogen (secondary N) is 2. The number of benzene rings is 1. The largest absolute Gasteiger partial charge is 0.399 e. The van der Waals surface area contributed by atoms with E-state index in [0.717, 1.165) is 21.7 Å². The summed E-state index contributed by atoms with van der Waals surface area (Å²) in [5, 5.41) is 9.74. The van der Waals surface area contributed by atoms with E-state index in [0.29, 0.717) is 6.54 Å². The molecule has 0 aliphatic heterocycles. The second kappa shape index (κ2) is 4.31. The van der Waals surface area contributed by atoms with Crippen LogP contribution >= 0.6 is 15.9 Å². The first-order valence-electron chi connectivity index (χ1n) is 4.39. The molecule has 15 heavy (non-hydrogen) atoms. The molecule has 0 radical (unpaired) electrons. The van der Waals surface area contributed by atoms with Crippen molar-refractivity contribution in [2.75, 3.05) is 11.1 Å². The number of halogens is 1. The zero-order chi connectivity index (χ0) is 10.7. The van der Waals surface area contributed by atoms with Crippen molar-refractivity contribution < 1.29 is 0 Å². The van der Waals surface area contributed by atoms with E-state index in [-0.39, 0.29) is 0 Å².